The summed E-state index contributed by atoms with van der Waals surface area (Å²) in [6.45, 7) is 6.60. The highest BCUT2D eigenvalue weighted by Gasteiger charge is 2.28. The fourth-order valence-electron chi connectivity index (χ4n) is 5.67. The summed E-state index contributed by atoms with van der Waals surface area (Å²) in [7, 11) is 3.88. The van der Waals surface area contributed by atoms with E-state index in [4.69, 9.17) is 10.5 Å². The average molecular weight is 540 g/mol. The Morgan fingerprint density at radius 3 is 2.50 bits per heavy atom. The first-order chi connectivity index (χ1) is 19.6. The molecule has 2 aromatic carbocycles. The van der Waals surface area contributed by atoms with E-state index in [2.05, 4.69) is 47.0 Å². The van der Waals surface area contributed by atoms with Crippen LogP contribution in [0.2, 0.25) is 0 Å². The molecule has 4 heterocycles. The molecule has 0 aliphatic carbocycles. The molecule has 0 spiro atoms. The van der Waals surface area contributed by atoms with E-state index >= 15 is 0 Å². The third-order valence-electron chi connectivity index (χ3n) is 8.01. The molecule has 2 saturated heterocycles. The number of methoxy groups -OCH3 is 1. The number of nitrogens with one attached hydrogen (secondary N) is 2. The second-order valence-corrected chi connectivity index (χ2v) is 10.6. The summed E-state index contributed by atoms with van der Waals surface area (Å²) in [5.41, 5.74) is 11.7. The van der Waals surface area contributed by atoms with Gasteiger partial charge >= 0.3 is 0 Å². The minimum atomic E-state index is 0.439. The molecule has 10 heteroatoms. The lowest BCUT2D eigenvalue weighted by Gasteiger charge is -2.42. The van der Waals surface area contributed by atoms with Crippen molar-refractivity contribution in [1.82, 2.24) is 29.7 Å². The fourth-order valence-corrected chi connectivity index (χ4v) is 5.67. The lowest BCUT2D eigenvalue weighted by Crippen LogP contribution is -2.52. The highest BCUT2D eigenvalue weighted by Crippen LogP contribution is 2.38. The topological polar surface area (TPSA) is 111 Å². The second kappa shape index (κ2) is 11.5. The van der Waals surface area contributed by atoms with Gasteiger partial charge in [-0.15, -0.1) is 0 Å². The maximum Gasteiger partial charge on any atom is 0.227 e. The third kappa shape index (κ3) is 5.59. The van der Waals surface area contributed by atoms with Crippen LogP contribution in [0.25, 0.3) is 22.8 Å². The summed E-state index contributed by atoms with van der Waals surface area (Å²) in [5, 5.41) is 3.30. The Morgan fingerprint density at radius 1 is 0.975 bits per heavy atom. The zero-order valence-corrected chi connectivity index (χ0v) is 23.2. The average Bonchev–Trinajstić information content (AvgIpc) is 3.49. The molecule has 10 nitrogen and oxygen atoms in total. The van der Waals surface area contributed by atoms with E-state index in [-0.39, 0.29) is 0 Å². The molecule has 4 N–H and O–H groups in total. The van der Waals surface area contributed by atoms with E-state index in [1.165, 1.54) is 0 Å². The monoisotopic (exact) mass is 539 g/mol. The largest absolute Gasteiger partial charge is 0.494 e. The van der Waals surface area contributed by atoms with E-state index in [1.807, 2.05) is 54.7 Å². The molecule has 40 heavy (non-hydrogen) atoms. The third-order valence-corrected chi connectivity index (χ3v) is 8.01. The number of likely N-dealkylation sites (N-methyl/N-ethyl adjacent to an activating group) is 1. The van der Waals surface area contributed by atoms with Crippen molar-refractivity contribution in [3.05, 3.63) is 60.9 Å². The van der Waals surface area contributed by atoms with Crippen LogP contribution in [-0.4, -0.2) is 89.2 Å². The Kier molecular flexibility index (Phi) is 7.52. The van der Waals surface area contributed by atoms with Crippen LogP contribution in [0.1, 0.15) is 12.8 Å². The van der Waals surface area contributed by atoms with Gasteiger partial charge in [0.15, 0.2) is 5.82 Å². The molecular formula is C30H37N9O. The molecule has 6 rings (SSSR count). The number of H-pyrrole nitrogens is 1. The Morgan fingerprint density at radius 2 is 1.75 bits per heavy atom. The van der Waals surface area contributed by atoms with Crippen molar-refractivity contribution in [3.8, 4) is 28.5 Å². The Balaban J connectivity index is 1.15. The van der Waals surface area contributed by atoms with Gasteiger partial charge in [-0.05, 0) is 37.6 Å². The normalized spacial score (nSPS) is 17.2. The van der Waals surface area contributed by atoms with Crippen molar-refractivity contribution in [2.24, 2.45) is 0 Å². The number of nitrogens with two attached hydrogens (primary N) is 1. The number of piperidine rings is 1. The molecule has 0 saturated carbocycles. The predicted molar refractivity (Wildman–Crippen MR) is 160 cm³/mol. The zero-order valence-electron chi connectivity index (χ0n) is 23.2. The number of imidazole rings is 1. The van der Waals surface area contributed by atoms with Gasteiger partial charge in [0.05, 0.1) is 36.1 Å². The fraction of sp³-hybridized carbons (Fsp3) is 0.367. The van der Waals surface area contributed by atoms with Crippen LogP contribution in [-0.2, 0) is 0 Å². The summed E-state index contributed by atoms with van der Waals surface area (Å²) in [5.74, 6) is 1.81. The van der Waals surface area contributed by atoms with E-state index in [9.17, 15) is 0 Å². The lowest BCUT2D eigenvalue weighted by atomic mass is 10.0. The van der Waals surface area contributed by atoms with Gasteiger partial charge in [0.2, 0.25) is 5.95 Å². The quantitative estimate of drug-likeness (QED) is 0.299. The zero-order chi connectivity index (χ0) is 27.5. The molecule has 0 radical (unpaired) electrons. The maximum atomic E-state index is 6.59. The van der Waals surface area contributed by atoms with Gasteiger partial charge in [0, 0.05) is 57.6 Å². The van der Waals surface area contributed by atoms with Gasteiger partial charge < -0.3 is 30.6 Å². The number of hydrogen-bond donors (Lipinski definition) is 3. The number of anilines is 4. The number of rotatable bonds is 7. The summed E-state index contributed by atoms with van der Waals surface area (Å²) in [6, 6.07) is 16.5. The van der Waals surface area contributed by atoms with Gasteiger partial charge in [-0.2, -0.15) is 0 Å². The SMILES string of the molecule is COc1cc(N2CCC(N3CCN(C)CC3)CC2)c(N)cc1Nc1nccc(-c2ncc(-c3ccccc3)[nH]2)n1. The van der Waals surface area contributed by atoms with Gasteiger partial charge in [-0.3, -0.25) is 4.90 Å². The first-order valence-corrected chi connectivity index (χ1v) is 13.9. The number of benzene rings is 2. The van der Waals surface area contributed by atoms with Gasteiger partial charge in [0.25, 0.3) is 0 Å². The summed E-state index contributed by atoms with van der Waals surface area (Å²) in [4.78, 5) is 24.4. The molecule has 2 aliphatic rings. The molecule has 4 aromatic rings. The number of hydrogen-bond acceptors (Lipinski definition) is 9. The highest BCUT2D eigenvalue weighted by atomic mass is 16.5. The minimum absolute atomic E-state index is 0.439. The van der Waals surface area contributed by atoms with Crippen molar-refractivity contribution < 1.29 is 4.74 Å². The molecule has 2 aliphatic heterocycles. The Bertz CT molecular complexity index is 1420. The van der Waals surface area contributed by atoms with Crippen molar-refractivity contribution in [1.29, 1.82) is 0 Å². The number of nitrogen functional groups attached to an aromatic ring is 1. The van der Waals surface area contributed by atoms with Crippen molar-refractivity contribution in [3.63, 3.8) is 0 Å². The summed E-state index contributed by atoms with van der Waals surface area (Å²) in [6.07, 6.45) is 5.82. The van der Waals surface area contributed by atoms with Crippen molar-refractivity contribution in [2.75, 3.05) is 69.4 Å². The van der Waals surface area contributed by atoms with Crippen molar-refractivity contribution in [2.45, 2.75) is 18.9 Å². The first-order valence-electron chi connectivity index (χ1n) is 13.9. The lowest BCUT2D eigenvalue weighted by molar-refractivity contribution is 0.0982. The Labute approximate surface area is 235 Å². The number of nitrogens with zero attached hydrogens (tertiary/aromatic N) is 6. The van der Waals surface area contributed by atoms with Crippen molar-refractivity contribution >= 4 is 23.0 Å². The highest BCUT2D eigenvalue weighted by molar-refractivity contribution is 5.79. The number of aromatic amines is 1. The van der Waals surface area contributed by atoms with E-state index in [0.717, 1.165) is 74.7 Å². The standard InChI is InChI=1S/C30H37N9O/c1-37-14-16-38(17-15-37)22-9-12-39(13-10-22)27-19-28(40-2)25(18-23(27)31)36-30-32-11-8-24(35-30)29-33-20-26(34-29)21-6-4-3-5-7-21/h3-8,11,18-20,22H,9-10,12-17,31H2,1-2H3,(H,33,34)(H,32,35,36). The molecular weight excluding hydrogens is 502 g/mol. The van der Waals surface area contributed by atoms with Gasteiger partial charge in [-0.1, -0.05) is 30.3 Å². The Hall–Kier alpha value is -4.15. The van der Waals surface area contributed by atoms with Crippen LogP contribution in [0.15, 0.2) is 60.9 Å². The maximum absolute atomic E-state index is 6.59. The van der Waals surface area contributed by atoms with Crippen LogP contribution in [0.5, 0.6) is 5.75 Å². The smallest absolute Gasteiger partial charge is 0.227 e. The first kappa shape index (κ1) is 26.1. The number of aromatic nitrogens is 4. The van der Waals surface area contributed by atoms with Crippen LogP contribution < -0.4 is 20.7 Å². The van der Waals surface area contributed by atoms with Gasteiger partial charge in [0.1, 0.15) is 11.4 Å². The van der Waals surface area contributed by atoms with Crippen LogP contribution in [0.3, 0.4) is 0 Å². The number of piperazine rings is 1. The molecule has 208 valence electrons. The molecule has 0 atom stereocenters. The molecule has 0 bridgehead atoms. The molecule has 0 unspecified atom stereocenters. The second-order valence-electron chi connectivity index (χ2n) is 10.6. The predicted octanol–water partition coefficient (Wildman–Crippen LogP) is 4.08. The van der Waals surface area contributed by atoms with Crippen LogP contribution in [0, 0.1) is 0 Å². The molecule has 2 aromatic heterocycles. The minimum Gasteiger partial charge on any atom is -0.494 e. The van der Waals surface area contributed by atoms with Gasteiger partial charge in [-0.25, -0.2) is 15.0 Å². The number of ether oxygens (including phenoxy) is 1. The van der Waals surface area contributed by atoms with E-state index in [0.29, 0.717) is 34.9 Å². The summed E-state index contributed by atoms with van der Waals surface area (Å²) < 4.78 is 5.77. The van der Waals surface area contributed by atoms with Crippen LogP contribution in [0.4, 0.5) is 23.0 Å². The summed E-state index contributed by atoms with van der Waals surface area (Å²) >= 11 is 0. The molecule has 2 fully saturated rings. The molecule has 0 amide bonds. The van der Waals surface area contributed by atoms with E-state index < -0.39 is 0 Å². The van der Waals surface area contributed by atoms with Crippen LogP contribution >= 0.6 is 0 Å². The van der Waals surface area contributed by atoms with E-state index in [1.54, 1.807) is 13.3 Å².